The van der Waals surface area contributed by atoms with Gasteiger partial charge in [-0.15, -0.1) is 11.3 Å². The van der Waals surface area contributed by atoms with Gasteiger partial charge in [0.2, 0.25) is 5.91 Å². The van der Waals surface area contributed by atoms with Crippen molar-refractivity contribution in [2.75, 3.05) is 17.7 Å². The van der Waals surface area contributed by atoms with Crippen LogP contribution in [0.2, 0.25) is 0 Å². The molecule has 0 bridgehead atoms. The van der Waals surface area contributed by atoms with E-state index in [-0.39, 0.29) is 17.6 Å². The smallest absolute Gasteiger partial charge is 0.338 e. The summed E-state index contributed by atoms with van der Waals surface area (Å²) in [6, 6.07) is 6.74. The molecule has 2 heterocycles. The van der Waals surface area contributed by atoms with Crippen LogP contribution in [0.4, 0.5) is 5.69 Å². The minimum Gasteiger partial charge on any atom is -0.462 e. The molecule has 1 aliphatic carbocycles. The molecule has 1 N–H and O–H groups in total. The van der Waals surface area contributed by atoms with Crippen molar-refractivity contribution in [2.24, 2.45) is 0 Å². The first-order valence-electron chi connectivity index (χ1n) is 10.1. The molecule has 6 nitrogen and oxygen atoms in total. The van der Waals surface area contributed by atoms with Crippen molar-refractivity contribution in [3.63, 3.8) is 0 Å². The number of benzene rings is 1. The molecule has 0 radical (unpaired) electrons. The highest BCUT2D eigenvalue weighted by molar-refractivity contribution is 8.00. The zero-order chi connectivity index (χ0) is 20.9. The Hall–Kier alpha value is -2.45. The summed E-state index contributed by atoms with van der Waals surface area (Å²) >= 11 is 3.20. The predicted molar refractivity (Wildman–Crippen MR) is 120 cm³/mol. The Morgan fingerprint density at radius 3 is 2.77 bits per heavy atom. The van der Waals surface area contributed by atoms with Crippen LogP contribution in [0.25, 0.3) is 10.2 Å². The molecular weight excluding hydrogens is 418 g/mol. The number of esters is 1. The molecular formula is C22H23N3O3S2. The number of hydrogen-bond acceptors (Lipinski definition) is 7. The summed E-state index contributed by atoms with van der Waals surface area (Å²) in [5.74, 6) is -0.203. The SMILES string of the molecule is CCCOC(=O)c1ccc(NC(=O)CSc2ncnc3sc4c(c23)CCCC4)cc1. The van der Waals surface area contributed by atoms with Crippen LogP contribution < -0.4 is 5.32 Å². The molecule has 0 saturated carbocycles. The van der Waals surface area contributed by atoms with E-state index in [0.29, 0.717) is 17.9 Å². The van der Waals surface area contributed by atoms with Crippen LogP contribution in [0.5, 0.6) is 0 Å². The van der Waals surface area contributed by atoms with E-state index in [2.05, 4.69) is 15.3 Å². The number of aromatic nitrogens is 2. The van der Waals surface area contributed by atoms with Crippen LogP contribution in [0.15, 0.2) is 35.6 Å². The highest BCUT2D eigenvalue weighted by Crippen LogP contribution is 2.39. The van der Waals surface area contributed by atoms with E-state index >= 15 is 0 Å². The summed E-state index contributed by atoms with van der Waals surface area (Å²) in [6.07, 6.45) is 6.97. The van der Waals surface area contributed by atoms with Crippen molar-refractivity contribution in [3.05, 3.63) is 46.6 Å². The number of amides is 1. The summed E-state index contributed by atoms with van der Waals surface area (Å²) in [4.78, 5) is 35.6. The minimum atomic E-state index is -0.350. The number of thioether (sulfide) groups is 1. The van der Waals surface area contributed by atoms with Gasteiger partial charge in [-0.3, -0.25) is 4.79 Å². The van der Waals surface area contributed by atoms with E-state index in [1.807, 2.05) is 6.92 Å². The lowest BCUT2D eigenvalue weighted by molar-refractivity contribution is -0.113. The average molecular weight is 442 g/mol. The van der Waals surface area contributed by atoms with Gasteiger partial charge in [0, 0.05) is 16.0 Å². The van der Waals surface area contributed by atoms with Crippen LogP contribution in [0, 0.1) is 0 Å². The Balaban J connectivity index is 1.38. The topological polar surface area (TPSA) is 81.2 Å². The number of anilines is 1. The van der Waals surface area contributed by atoms with Crippen LogP contribution >= 0.6 is 23.1 Å². The number of carbonyl (C=O) groups is 2. The molecule has 8 heteroatoms. The summed E-state index contributed by atoms with van der Waals surface area (Å²) in [7, 11) is 0. The van der Waals surface area contributed by atoms with Gasteiger partial charge in [-0.05, 0) is 61.9 Å². The lowest BCUT2D eigenvalue weighted by atomic mass is 9.97. The number of aryl methyl sites for hydroxylation is 2. The Labute approximate surface area is 183 Å². The highest BCUT2D eigenvalue weighted by Gasteiger charge is 2.20. The molecule has 2 aromatic heterocycles. The van der Waals surface area contributed by atoms with Gasteiger partial charge in [-0.25, -0.2) is 14.8 Å². The maximum atomic E-state index is 12.4. The Morgan fingerprint density at radius 1 is 1.17 bits per heavy atom. The number of hydrogen-bond donors (Lipinski definition) is 1. The van der Waals surface area contributed by atoms with Crippen molar-refractivity contribution >= 4 is 50.9 Å². The van der Waals surface area contributed by atoms with E-state index in [9.17, 15) is 9.59 Å². The molecule has 0 aliphatic heterocycles. The molecule has 0 atom stereocenters. The second-order valence-corrected chi connectivity index (χ2v) is 9.17. The van der Waals surface area contributed by atoms with Crippen molar-refractivity contribution in [1.82, 2.24) is 9.97 Å². The third kappa shape index (κ3) is 4.65. The summed E-state index contributed by atoms with van der Waals surface area (Å²) in [5, 5.41) is 4.88. The number of thiophene rings is 1. The molecule has 4 rings (SSSR count). The molecule has 1 amide bonds. The van der Waals surface area contributed by atoms with Crippen LogP contribution in [-0.4, -0.2) is 34.2 Å². The van der Waals surface area contributed by atoms with Gasteiger partial charge in [0.25, 0.3) is 0 Å². The first-order valence-corrected chi connectivity index (χ1v) is 11.9. The predicted octanol–water partition coefficient (Wildman–Crippen LogP) is 4.87. The van der Waals surface area contributed by atoms with Gasteiger partial charge in [0.15, 0.2) is 0 Å². The molecule has 1 aliphatic rings. The third-order valence-electron chi connectivity index (χ3n) is 4.90. The lowest BCUT2D eigenvalue weighted by Crippen LogP contribution is -2.14. The summed E-state index contributed by atoms with van der Waals surface area (Å²) in [5.41, 5.74) is 2.49. The molecule has 0 saturated heterocycles. The normalized spacial score (nSPS) is 13.1. The number of rotatable bonds is 7. The molecule has 3 aromatic rings. The van der Waals surface area contributed by atoms with Crippen molar-refractivity contribution < 1.29 is 14.3 Å². The van der Waals surface area contributed by atoms with Crippen molar-refractivity contribution in [2.45, 2.75) is 44.1 Å². The van der Waals surface area contributed by atoms with E-state index < -0.39 is 0 Å². The molecule has 1 aromatic carbocycles. The van der Waals surface area contributed by atoms with Crippen molar-refractivity contribution in [1.29, 1.82) is 0 Å². The largest absolute Gasteiger partial charge is 0.462 e. The van der Waals surface area contributed by atoms with Crippen molar-refractivity contribution in [3.8, 4) is 0 Å². The monoisotopic (exact) mass is 441 g/mol. The quantitative estimate of drug-likeness (QED) is 0.320. The minimum absolute atomic E-state index is 0.114. The first-order chi connectivity index (χ1) is 14.7. The van der Waals surface area contributed by atoms with Gasteiger partial charge < -0.3 is 10.1 Å². The van der Waals surface area contributed by atoms with E-state index in [4.69, 9.17) is 4.74 Å². The highest BCUT2D eigenvalue weighted by atomic mass is 32.2. The van der Waals surface area contributed by atoms with Gasteiger partial charge in [0.1, 0.15) is 16.2 Å². The zero-order valence-electron chi connectivity index (χ0n) is 16.8. The lowest BCUT2D eigenvalue weighted by Gasteiger charge is -2.11. The van der Waals surface area contributed by atoms with Gasteiger partial charge in [-0.2, -0.15) is 0 Å². The fourth-order valence-corrected chi connectivity index (χ4v) is 5.59. The number of fused-ring (bicyclic) bond motifs is 3. The Bertz CT molecular complexity index is 1060. The first kappa shape index (κ1) is 20.8. The van der Waals surface area contributed by atoms with Gasteiger partial charge >= 0.3 is 5.97 Å². The van der Waals surface area contributed by atoms with Crippen LogP contribution in [0.1, 0.15) is 47.0 Å². The third-order valence-corrected chi connectivity index (χ3v) is 7.09. The number of carbonyl (C=O) groups excluding carboxylic acids is 2. The fourth-order valence-electron chi connectivity index (χ4n) is 3.47. The second kappa shape index (κ2) is 9.57. The maximum Gasteiger partial charge on any atom is 0.338 e. The Kier molecular flexibility index (Phi) is 6.64. The van der Waals surface area contributed by atoms with E-state index in [0.717, 1.165) is 34.5 Å². The molecule has 0 spiro atoms. The number of nitrogens with one attached hydrogen (secondary N) is 1. The Morgan fingerprint density at radius 2 is 1.97 bits per heavy atom. The fraction of sp³-hybridized carbons (Fsp3) is 0.364. The van der Waals surface area contributed by atoms with Crippen LogP contribution in [-0.2, 0) is 22.4 Å². The van der Waals surface area contributed by atoms with Gasteiger partial charge in [-0.1, -0.05) is 18.7 Å². The molecule has 0 unspecified atom stereocenters. The van der Waals surface area contributed by atoms with E-state index in [1.54, 1.807) is 41.9 Å². The average Bonchev–Trinajstić information content (AvgIpc) is 3.16. The van der Waals surface area contributed by atoms with Gasteiger partial charge in [0.05, 0.1) is 17.9 Å². The summed E-state index contributed by atoms with van der Waals surface area (Å²) in [6.45, 7) is 2.35. The standard InChI is InChI=1S/C22H23N3O3S2/c1-2-11-28-22(27)14-7-9-15(10-8-14)25-18(26)12-29-20-19-16-5-3-4-6-17(16)30-21(19)24-13-23-20/h7-10,13H,2-6,11-12H2,1H3,(H,25,26). The molecule has 30 heavy (non-hydrogen) atoms. The number of ether oxygens (including phenoxy) is 1. The van der Waals surface area contributed by atoms with Crippen LogP contribution in [0.3, 0.4) is 0 Å². The maximum absolute atomic E-state index is 12.4. The molecule has 156 valence electrons. The van der Waals surface area contributed by atoms with E-state index in [1.165, 1.54) is 35.0 Å². The molecule has 0 fully saturated rings. The zero-order valence-corrected chi connectivity index (χ0v) is 18.4. The second-order valence-electron chi connectivity index (χ2n) is 7.12. The number of nitrogens with zero attached hydrogens (tertiary/aromatic N) is 2. The summed E-state index contributed by atoms with van der Waals surface area (Å²) < 4.78 is 5.11.